The number of benzene rings is 2. The summed E-state index contributed by atoms with van der Waals surface area (Å²) in [6, 6.07) is 9.53. The molecule has 2 aromatic carbocycles. The SMILES string of the molecule is Fc1ccc(C2CCC(OC(F)(F)C3CCC(c4ccc([C@@]56C=CC(CC5)C6)cc4F)CC3)CC2)cc1F. The Morgan fingerprint density at radius 3 is 2.08 bits per heavy atom. The number of hydrogen-bond acceptors (Lipinski definition) is 1. The molecule has 2 aromatic rings. The molecule has 0 saturated heterocycles. The van der Waals surface area contributed by atoms with Gasteiger partial charge in [-0.1, -0.05) is 30.4 Å². The molecule has 0 N–H and O–H groups in total. The summed E-state index contributed by atoms with van der Waals surface area (Å²) in [6.45, 7) is 0. The van der Waals surface area contributed by atoms with Gasteiger partial charge in [-0.2, -0.15) is 8.78 Å². The van der Waals surface area contributed by atoms with E-state index in [2.05, 4.69) is 18.2 Å². The lowest BCUT2D eigenvalue weighted by molar-refractivity contribution is -0.300. The van der Waals surface area contributed by atoms with Gasteiger partial charge in [0.1, 0.15) is 5.82 Å². The van der Waals surface area contributed by atoms with Crippen LogP contribution in [0.15, 0.2) is 48.6 Å². The zero-order valence-electron chi connectivity index (χ0n) is 21.6. The molecule has 3 saturated carbocycles. The van der Waals surface area contributed by atoms with Crippen molar-refractivity contribution in [2.24, 2.45) is 11.8 Å². The summed E-state index contributed by atoms with van der Waals surface area (Å²) in [5.41, 5.74) is 2.39. The van der Waals surface area contributed by atoms with Crippen molar-refractivity contribution in [1.82, 2.24) is 0 Å². The highest BCUT2D eigenvalue weighted by Crippen LogP contribution is 2.51. The fourth-order valence-electron chi connectivity index (χ4n) is 7.62. The number of allylic oxidation sites excluding steroid dienone is 2. The standard InChI is InChI=1S/C32H35F5O/c33-28-12-5-23(17-30(28)35)21-3-9-26(10-4-21)38-32(36,37)24-6-1-22(2-7-24)27-11-8-25(18-29(27)34)31-15-13-20(19-31)14-16-31/h5,8,11-13,15,17-18,20-22,24,26H,1-4,6-7,9-10,14,16,19H2/t20?,21?,22?,24?,26?,31-/m0/s1. The molecule has 6 rings (SSSR count). The van der Waals surface area contributed by atoms with Crippen LogP contribution >= 0.6 is 0 Å². The van der Waals surface area contributed by atoms with Gasteiger partial charge in [0.05, 0.1) is 12.0 Å². The Labute approximate surface area is 221 Å². The van der Waals surface area contributed by atoms with Crippen LogP contribution in [0, 0.1) is 29.3 Å². The Morgan fingerprint density at radius 2 is 1.47 bits per heavy atom. The van der Waals surface area contributed by atoms with Crippen LogP contribution in [0.4, 0.5) is 22.0 Å². The number of alkyl halides is 2. The maximum Gasteiger partial charge on any atom is 0.358 e. The fraction of sp³-hybridized carbons (Fsp3) is 0.562. The summed E-state index contributed by atoms with van der Waals surface area (Å²) in [4.78, 5) is 0. The molecule has 0 aromatic heterocycles. The average molecular weight is 531 g/mol. The molecule has 204 valence electrons. The summed E-state index contributed by atoms with van der Waals surface area (Å²) in [7, 11) is 0. The van der Waals surface area contributed by atoms with Crippen LogP contribution in [0.1, 0.15) is 99.2 Å². The molecule has 3 fully saturated rings. The van der Waals surface area contributed by atoms with Crippen molar-refractivity contribution in [1.29, 1.82) is 0 Å². The number of rotatable bonds is 6. The van der Waals surface area contributed by atoms with Crippen LogP contribution in [0.2, 0.25) is 0 Å². The fourth-order valence-corrected chi connectivity index (χ4v) is 7.62. The minimum atomic E-state index is -3.22. The summed E-state index contributed by atoms with van der Waals surface area (Å²) in [5.74, 6) is -2.24. The summed E-state index contributed by atoms with van der Waals surface area (Å²) >= 11 is 0. The molecule has 1 unspecified atom stereocenters. The van der Waals surface area contributed by atoms with Gasteiger partial charge in [-0.05, 0) is 123 Å². The molecule has 0 spiro atoms. The number of hydrogen-bond donors (Lipinski definition) is 0. The molecule has 0 radical (unpaired) electrons. The lowest BCUT2D eigenvalue weighted by Gasteiger charge is -2.37. The van der Waals surface area contributed by atoms with Gasteiger partial charge in [0.25, 0.3) is 0 Å². The van der Waals surface area contributed by atoms with E-state index in [4.69, 9.17) is 4.74 Å². The third-order valence-electron chi connectivity index (χ3n) is 9.91. The molecular weight excluding hydrogens is 495 g/mol. The van der Waals surface area contributed by atoms with Crippen LogP contribution in [-0.2, 0) is 10.2 Å². The lowest BCUT2D eigenvalue weighted by Crippen LogP contribution is -2.38. The second-order valence-corrected chi connectivity index (χ2v) is 12.1. The third-order valence-corrected chi connectivity index (χ3v) is 9.91. The molecule has 4 aliphatic rings. The van der Waals surface area contributed by atoms with Gasteiger partial charge in [-0.15, -0.1) is 0 Å². The van der Waals surface area contributed by atoms with E-state index >= 15 is 13.2 Å². The topological polar surface area (TPSA) is 9.23 Å². The zero-order valence-corrected chi connectivity index (χ0v) is 21.6. The van der Waals surface area contributed by atoms with Crippen molar-refractivity contribution < 1.29 is 26.7 Å². The summed E-state index contributed by atoms with van der Waals surface area (Å²) < 4.78 is 77.7. The molecule has 38 heavy (non-hydrogen) atoms. The van der Waals surface area contributed by atoms with Crippen molar-refractivity contribution >= 4 is 0 Å². The second kappa shape index (κ2) is 10.1. The Morgan fingerprint density at radius 1 is 0.737 bits per heavy atom. The van der Waals surface area contributed by atoms with Gasteiger partial charge in [0.15, 0.2) is 11.6 Å². The molecule has 1 nitrogen and oxygen atoms in total. The lowest BCUT2D eigenvalue weighted by atomic mass is 9.76. The molecule has 0 amide bonds. The molecular formula is C32H35F5O. The first kappa shape index (κ1) is 26.0. The van der Waals surface area contributed by atoms with Gasteiger partial charge in [-0.3, -0.25) is 0 Å². The van der Waals surface area contributed by atoms with Crippen molar-refractivity contribution in [3.05, 3.63) is 82.7 Å². The minimum absolute atomic E-state index is 0.0184. The molecule has 0 aliphatic heterocycles. The van der Waals surface area contributed by atoms with E-state index in [9.17, 15) is 8.78 Å². The van der Waals surface area contributed by atoms with Crippen molar-refractivity contribution in [2.45, 2.75) is 100 Å². The van der Waals surface area contributed by atoms with Gasteiger partial charge < -0.3 is 4.74 Å². The first-order chi connectivity index (χ1) is 18.2. The summed E-state index contributed by atoms with van der Waals surface area (Å²) in [6.07, 6.45) is 7.82. The maximum absolute atomic E-state index is 15.2. The predicted molar refractivity (Wildman–Crippen MR) is 137 cm³/mol. The second-order valence-electron chi connectivity index (χ2n) is 12.1. The Balaban J connectivity index is 1.02. The largest absolute Gasteiger partial charge is 0.358 e. The van der Waals surface area contributed by atoms with E-state index < -0.39 is 29.8 Å². The van der Waals surface area contributed by atoms with Crippen LogP contribution in [0.5, 0.6) is 0 Å². The quantitative estimate of drug-likeness (QED) is 0.267. The van der Waals surface area contributed by atoms with E-state index in [1.807, 2.05) is 6.07 Å². The van der Waals surface area contributed by atoms with E-state index in [1.165, 1.54) is 6.07 Å². The zero-order chi connectivity index (χ0) is 26.5. The van der Waals surface area contributed by atoms with E-state index in [-0.39, 0.29) is 23.1 Å². The maximum atomic E-state index is 15.2. The normalized spacial score (nSPS) is 33.1. The first-order valence-corrected chi connectivity index (χ1v) is 14.2. The van der Waals surface area contributed by atoms with Crippen LogP contribution < -0.4 is 0 Å². The molecule has 6 heteroatoms. The first-order valence-electron chi connectivity index (χ1n) is 14.2. The predicted octanol–water partition coefficient (Wildman–Crippen LogP) is 9.32. The third kappa shape index (κ3) is 4.94. The van der Waals surface area contributed by atoms with Crippen LogP contribution in [0.3, 0.4) is 0 Å². The highest BCUT2D eigenvalue weighted by Gasteiger charge is 2.46. The Bertz CT molecular complexity index is 1190. The van der Waals surface area contributed by atoms with Crippen molar-refractivity contribution in [3.8, 4) is 0 Å². The van der Waals surface area contributed by atoms with Gasteiger partial charge in [0.2, 0.25) is 0 Å². The smallest absolute Gasteiger partial charge is 0.317 e. The highest BCUT2D eigenvalue weighted by atomic mass is 19.3. The van der Waals surface area contributed by atoms with Crippen LogP contribution in [-0.4, -0.2) is 12.2 Å². The van der Waals surface area contributed by atoms with Gasteiger partial charge >= 0.3 is 6.11 Å². The van der Waals surface area contributed by atoms with Crippen molar-refractivity contribution in [2.75, 3.05) is 0 Å². The van der Waals surface area contributed by atoms with Gasteiger partial charge in [-0.25, -0.2) is 13.2 Å². The van der Waals surface area contributed by atoms with Crippen LogP contribution in [0.25, 0.3) is 0 Å². The highest BCUT2D eigenvalue weighted by molar-refractivity contribution is 5.40. The molecule has 4 aliphatic carbocycles. The Hall–Kier alpha value is -2.21. The monoisotopic (exact) mass is 530 g/mol. The Kier molecular flexibility index (Phi) is 6.90. The molecule has 2 bridgehead atoms. The molecule has 0 heterocycles. The van der Waals surface area contributed by atoms with E-state index in [1.54, 1.807) is 12.1 Å². The summed E-state index contributed by atoms with van der Waals surface area (Å²) in [5, 5.41) is 0. The van der Waals surface area contributed by atoms with E-state index in [0.29, 0.717) is 68.4 Å². The average Bonchev–Trinajstić information content (AvgIpc) is 3.54. The number of ether oxygens (including phenoxy) is 1. The van der Waals surface area contributed by atoms with Crippen molar-refractivity contribution in [3.63, 3.8) is 0 Å². The number of fused-ring (bicyclic) bond motifs is 2. The van der Waals surface area contributed by atoms with E-state index in [0.717, 1.165) is 30.9 Å². The number of halogens is 5. The minimum Gasteiger partial charge on any atom is -0.317 e. The van der Waals surface area contributed by atoms with Gasteiger partial charge in [0, 0.05) is 5.41 Å². The molecule has 2 atom stereocenters.